The van der Waals surface area contributed by atoms with Crippen molar-refractivity contribution in [3.63, 3.8) is 0 Å². The van der Waals surface area contributed by atoms with Crippen molar-refractivity contribution in [2.24, 2.45) is 5.41 Å². The number of rotatable bonds is 2. The number of fused-ring (bicyclic) bond motifs is 2. The Bertz CT molecular complexity index is 1110. The van der Waals surface area contributed by atoms with Gasteiger partial charge in [-0.15, -0.1) is 0 Å². The van der Waals surface area contributed by atoms with E-state index < -0.39 is 11.3 Å². The maximum atomic E-state index is 13.0. The van der Waals surface area contributed by atoms with Crippen LogP contribution in [0.15, 0.2) is 48.9 Å². The lowest BCUT2D eigenvalue weighted by Gasteiger charge is -2.41. The molecule has 3 N–H and O–H groups in total. The van der Waals surface area contributed by atoms with Gasteiger partial charge in [0.2, 0.25) is 5.91 Å². The summed E-state index contributed by atoms with van der Waals surface area (Å²) in [5.41, 5.74) is 5.65. The first-order chi connectivity index (χ1) is 13.6. The molecular formula is C21H20N4O3. The van der Waals surface area contributed by atoms with Crippen molar-refractivity contribution < 1.29 is 14.8 Å². The number of hydrogen-bond donors (Lipinski definition) is 3. The van der Waals surface area contributed by atoms with Gasteiger partial charge in [-0.2, -0.15) is 0 Å². The van der Waals surface area contributed by atoms with E-state index in [1.165, 1.54) is 0 Å². The summed E-state index contributed by atoms with van der Waals surface area (Å²) in [5.74, 6) is -0.527. The van der Waals surface area contributed by atoms with Gasteiger partial charge in [-0.05, 0) is 54.2 Å². The average Bonchev–Trinajstić information content (AvgIpc) is 3.33. The second-order valence-corrected chi connectivity index (χ2v) is 7.60. The highest BCUT2D eigenvalue weighted by molar-refractivity contribution is 5.94. The zero-order valence-corrected chi connectivity index (χ0v) is 15.2. The number of carbonyl (C=O) groups is 2. The van der Waals surface area contributed by atoms with Crippen LogP contribution in [-0.4, -0.2) is 33.0 Å². The molecule has 5 rings (SSSR count). The van der Waals surface area contributed by atoms with Crippen LogP contribution in [0.3, 0.4) is 0 Å². The maximum Gasteiger partial charge on any atom is 0.274 e. The molecule has 142 valence electrons. The van der Waals surface area contributed by atoms with Crippen molar-refractivity contribution in [1.82, 2.24) is 20.2 Å². The standard InChI is InChI=1S/C21H20N4O3/c26-19(24-28)14-1-3-16-13(11-14)5-6-21(7-8-23-20(21)27)18(16)15-2-4-17-22-9-10-25(17)12-15/h1-4,9-12,18,28H,5-8H2,(H,23,27)(H,24,26). The molecule has 0 radical (unpaired) electrons. The van der Waals surface area contributed by atoms with Crippen LogP contribution in [0.5, 0.6) is 0 Å². The highest BCUT2D eigenvalue weighted by atomic mass is 16.5. The van der Waals surface area contributed by atoms with Crippen LogP contribution in [0.1, 0.15) is 45.8 Å². The van der Waals surface area contributed by atoms with E-state index in [0.717, 1.165) is 41.6 Å². The second-order valence-electron chi connectivity index (χ2n) is 7.60. The van der Waals surface area contributed by atoms with Gasteiger partial charge in [0, 0.05) is 36.6 Å². The molecule has 2 amide bonds. The predicted molar refractivity (Wildman–Crippen MR) is 101 cm³/mol. The molecule has 2 unspecified atom stereocenters. The molecule has 2 aromatic heterocycles. The molecule has 28 heavy (non-hydrogen) atoms. The number of imidazole rings is 1. The Balaban J connectivity index is 1.69. The van der Waals surface area contributed by atoms with E-state index >= 15 is 0 Å². The fourth-order valence-corrected chi connectivity index (χ4v) is 4.92. The molecule has 3 aromatic rings. The van der Waals surface area contributed by atoms with E-state index in [9.17, 15) is 9.59 Å². The van der Waals surface area contributed by atoms with Crippen LogP contribution in [0, 0.1) is 5.41 Å². The average molecular weight is 376 g/mol. The molecule has 1 spiro atoms. The summed E-state index contributed by atoms with van der Waals surface area (Å²) >= 11 is 0. The first-order valence-corrected chi connectivity index (χ1v) is 9.40. The van der Waals surface area contributed by atoms with Gasteiger partial charge in [0.1, 0.15) is 5.65 Å². The minimum atomic E-state index is -0.530. The third-order valence-corrected chi connectivity index (χ3v) is 6.26. The number of carbonyl (C=O) groups excluding carboxylic acids is 2. The molecule has 1 aliphatic heterocycles. The summed E-state index contributed by atoms with van der Waals surface area (Å²) in [5, 5.41) is 12.0. The number of pyridine rings is 1. The molecule has 1 aromatic carbocycles. The summed E-state index contributed by atoms with van der Waals surface area (Å²) < 4.78 is 1.97. The van der Waals surface area contributed by atoms with Crippen molar-refractivity contribution in [3.05, 3.63) is 71.2 Å². The summed E-state index contributed by atoms with van der Waals surface area (Å²) in [6.07, 6.45) is 7.94. The second kappa shape index (κ2) is 6.17. The van der Waals surface area contributed by atoms with Gasteiger partial charge >= 0.3 is 0 Å². The summed E-state index contributed by atoms with van der Waals surface area (Å²) in [4.78, 5) is 29.1. The van der Waals surface area contributed by atoms with Gasteiger partial charge in [-0.1, -0.05) is 12.1 Å². The molecule has 1 saturated heterocycles. The SMILES string of the molecule is O=C(NO)c1ccc2c(c1)CCC1(CCNC1=O)C2c1ccc2nccn2c1. The van der Waals surface area contributed by atoms with Crippen LogP contribution in [0.25, 0.3) is 5.65 Å². The minimum absolute atomic E-state index is 0.100. The lowest BCUT2D eigenvalue weighted by atomic mass is 9.61. The molecule has 0 bridgehead atoms. The molecule has 2 aliphatic rings. The number of nitrogens with one attached hydrogen (secondary N) is 2. The Labute approximate surface area is 161 Å². The molecule has 0 saturated carbocycles. The van der Waals surface area contributed by atoms with Crippen LogP contribution in [0.4, 0.5) is 0 Å². The van der Waals surface area contributed by atoms with Crippen molar-refractivity contribution in [1.29, 1.82) is 0 Å². The van der Waals surface area contributed by atoms with Crippen molar-refractivity contribution >= 4 is 17.5 Å². The predicted octanol–water partition coefficient (Wildman–Crippen LogP) is 2.04. The Morgan fingerprint density at radius 2 is 2.18 bits per heavy atom. The van der Waals surface area contributed by atoms with E-state index in [1.54, 1.807) is 17.7 Å². The van der Waals surface area contributed by atoms with Crippen LogP contribution in [-0.2, 0) is 11.2 Å². The first kappa shape index (κ1) is 16.9. The number of benzene rings is 1. The highest BCUT2D eigenvalue weighted by Gasteiger charge is 2.52. The molecule has 7 nitrogen and oxygen atoms in total. The monoisotopic (exact) mass is 376 g/mol. The van der Waals surface area contributed by atoms with E-state index in [-0.39, 0.29) is 11.8 Å². The van der Waals surface area contributed by atoms with Crippen molar-refractivity contribution in [3.8, 4) is 0 Å². The topological polar surface area (TPSA) is 95.7 Å². The van der Waals surface area contributed by atoms with E-state index in [1.807, 2.05) is 41.1 Å². The Hall–Kier alpha value is -3.19. The lowest BCUT2D eigenvalue weighted by Crippen LogP contribution is -2.41. The lowest BCUT2D eigenvalue weighted by molar-refractivity contribution is -0.129. The first-order valence-electron chi connectivity index (χ1n) is 9.40. The Morgan fingerprint density at radius 3 is 2.96 bits per heavy atom. The van der Waals surface area contributed by atoms with Gasteiger partial charge in [-0.25, -0.2) is 10.5 Å². The van der Waals surface area contributed by atoms with E-state index in [0.29, 0.717) is 12.1 Å². The van der Waals surface area contributed by atoms with Crippen LogP contribution < -0.4 is 10.8 Å². The van der Waals surface area contributed by atoms with Crippen LogP contribution in [0.2, 0.25) is 0 Å². The molecule has 1 aliphatic carbocycles. The third-order valence-electron chi connectivity index (χ3n) is 6.26. The van der Waals surface area contributed by atoms with Gasteiger partial charge in [-0.3, -0.25) is 14.8 Å². The molecule has 2 atom stereocenters. The van der Waals surface area contributed by atoms with Gasteiger partial charge in [0.05, 0.1) is 5.41 Å². The zero-order valence-electron chi connectivity index (χ0n) is 15.2. The largest absolute Gasteiger partial charge is 0.356 e. The van der Waals surface area contributed by atoms with Gasteiger partial charge in [0.25, 0.3) is 5.91 Å². The summed E-state index contributed by atoms with van der Waals surface area (Å²) in [7, 11) is 0. The van der Waals surface area contributed by atoms with Gasteiger partial charge < -0.3 is 9.72 Å². The molecule has 7 heteroatoms. The zero-order chi connectivity index (χ0) is 19.3. The molecule has 3 heterocycles. The highest BCUT2D eigenvalue weighted by Crippen LogP contribution is 2.53. The van der Waals surface area contributed by atoms with E-state index in [2.05, 4.69) is 10.3 Å². The summed E-state index contributed by atoms with van der Waals surface area (Å²) in [6, 6.07) is 9.47. The number of hydrogen-bond acceptors (Lipinski definition) is 4. The normalized spacial score (nSPS) is 23.6. The number of aromatic nitrogens is 2. The number of aryl methyl sites for hydroxylation is 1. The maximum absolute atomic E-state index is 13.0. The quantitative estimate of drug-likeness (QED) is 0.471. The van der Waals surface area contributed by atoms with Crippen LogP contribution >= 0.6 is 0 Å². The number of hydroxylamine groups is 1. The number of nitrogens with zero attached hydrogens (tertiary/aromatic N) is 2. The minimum Gasteiger partial charge on any atom is -0.356 e. The molecular weight excluding hydrogens is 356 g/mol. The van der Waals surface area contributed by atoms with Crippen molar-refractivity contribution in [2.45, 2.75) is 25.2 Å². The third kappa shape index (κ3) is 2.36. The number of amides is 2. The fraction of sp³-hybridized carbons (Fsp3) is 0.286. The smallest absolute Gasteiger partial charge is 0.274 e. The fourth-order valence-electron chi connectivity index (χ4n) is 4.92. The van der Waals surface area contributed by atoms with Gasteiger partial charge in [0.15, 0.2) is 0 Å². The van der Waals surface area contributed by atoms with Crippen molar-refractivity contribution in [2.75, 3.05) is 6.54 Å². The Kier molecular flexibility index (Phi) is 3.73. The van der Waals surface area contributed by atoms with E-state index in [4.69, 9.17) is 5.21 Å². The Morgan fingerprint density at radius 1 is 1.29 bits per heavy atom. The summed E-state index contributed by atoms with van der Waals surface area (Å²) in [6.45, 7) is 0.684. The molecule has 1 fully saturated rings.